The van der Waals surface area contributed by atoms with Gasteiger partial charge < -0.3 is 14.5 Å². The molecule has 2 aliphatic heterocycles. The molecule has 0 bridgehead atoms. The minimum absolute atomic E-state index is 0.0407. The van der Waals surface area contributed by atoms with Crippen molar-refractivity contribution in [3.05, 3.63) is 53.6 Å². The smallest absolute Gasteiger partial charge is 0.274 e. The molecular weight excluding hydrogens is 394 g/mol. The molecule has 0 aromatic heterocycles. The van der Waals surface area contributed by atoms with Crippen LogP contribution in [0.5, 0.6) is 5.75 Å². The summed E-state index contributed by atoms with van der Waals surface area (Å²) >= 11 is 0. The van der Waals surface area contributed by atoms with Crippen molar-refractivity contribution in [2.45, 2.75) is 30.3 Å². The summed E-state index contributed by atoms with van der Waals surface area (Å²) in [5, 5.41) is 9.35. The number of fused-ring (bicyclic) bond motifs is 1. The number of nitrogens with zero attached hydrogens (tertiary/aromatic N) is 2. The van der Waals surface area contributed by atoms with E-state index < -0.39 is 15.6 Å². The summed E-state index contributed by atoms with van der Waals surface area (Å²) in [5.74, 6) is 0.520. The first-order chi connectivity index (χ1) is 13.7. The number of hydrogen-bond acceptors (Lipinski definition) is 6. The first-order valence-corrected chi connectivity index (χ1v) is 10.6. The first-order valence-electron chi connectivity index (χ1n) is 9.08. The molecule has 0 fully saturated rings. The highest BCUT2D eigenvalue weighted by atomic mass is 32.2. The van der Waals surface area contributed by atoms with Crippen LogP contribution in [0.1, 0.15) is 24.5 Å². The maximum Gasteiger partial charge on any atom is 0.274 e. The van der Waals surface area contributed by atoms with Gasteiger partial charge >= 0.3 is 0 Å². The number of ether oxygens (including phenoxy) is 1. The molecule has 29 heavy (non-hydrogen) atoms. The largest absolute Gasteiger partial charge is 0.497 e. The maximum absolute atomic E-state index is 13.3. The number of anilines is 1. The van der Waals surface area contributed by atoms with Gasteiger partial charge in [-0.3, -0.25) is 4.79 Å². The molecule has 2 aromatic rings. The number of oxime groups is 1. The molecule has 1 amide bonds. The van der Waals surface area contributed by atoms with Crippen LogP contribution < -0.4 is 14.8 Å². The Hall–Kier alpha value is -2.91. The van der Waals surface area contributed by atoms with E-state index >= 15 is 0 Å². The van der Waals surface area contributed by atoms with Gasteiger partial charge in [0.25, 0.3) is 5.91 Å². The fraction of sp³-hybridized carbons (Fsp3) is 0.300. The van der Waals surface area contributed by atoms with E-state index in [9.17, 15) is 13.2 Å². The second kappa shape index (κ2) is 6.85. The summed E-state index contributed by atoms with van der Waals surface area (Å²) in [4.78, 5) is 20.5. The third-order valence-electron chi connectivity index (χ3n) is 5.26. The fourth-order valence-corrected chi connectivity index (χ4v) is 4.21. The molecule has 1 unspecified atom stereocenters. The summed E-state index contributed by atoms with van der Waals surface area (Å²) in [5.41, 5.74) is 1.86. The SMILES string of the molecule is COc1ccc(C2=NOC(C)(C(=O)N3CCc4cc(S(N)(=O)=O)ccc43)C2)cc1. The topological polar surface area (TPSA) is 111 Å². The van der Waals surface area contributed by atoms with Gasteiger partial charge in [0, 0.05) is 18.7 Å². The van der Waals surface area contributed by atoms with Crippen LogP contribution in [-0.2, 0) is 26.1 Å². The number of carbonyl (C=O) groups excluding carboxylic acids is 1. The predicted octanol–water partition coefficient (Wildman–Crippen LogP) is 1.82. The Morgan fingerprint density at radius 1 is 1.24 bits per heavy atom. The van der Waals surface area contributed by atoms with Crippen molar-refractivity contribution in [1.29, 1.82) is 0 Å². The third-order valence-corrected chi connectivity index (χ3v) is 6.17. The molecule has 2 heterocycles. The highest BCUT2D eigenvalue weighted by Gasteiger charge is 2.46. The van der Waals surface area contributed by atoms with Crippen molar-refractivity contribution < 1.29 is 22.8 Å². The molecule has 0 aliphatic carbocycles. The average molecular weight is 415 g/mol. The number of hydrogen-bond donors (Lipinski definition) is 1. The quantitative estimate of drug-likeness (QED) is 0.819. The molecule has 8 nitrogen and oxygen atoms in total. The van der Waals surface area contributed by atoms with Crippen molar-refractivity contribution in [2.75, 3.05) is 18.6 Å². The zero-order chi connectivity index (χ0) is 20.8. The summed E-state index contributed by atoms with van der Waals surface area (Å²) < 4.78 is 28.3. The monoisotopic (exact) mass is 415 g/mol. The van der Waals surface area contributed by atoms with Gasteiger partial charge in [-0.25, -0.2) is 13.6 Å². The molecule has 2 aromatic carbocycles. The molecular formula is C20H21N3O5S. The number of carbonyl (C=O) groups is 1. The number of primary sulfonamides is 1. The highest BCUT2D eigenvalue weighted by molar-refractivity contribution is 7.89. The summed E-state index contributed by atoms with van der Waals surface area (Å²) in [6.07, 6.45) is 0.881. The van der Waals surface area contributed by atoms with Crippen LogP contribution in [0.4, 0.5) is 5.69 Å². The lowest BCUT2D eigenvalue weighted by Gasteiger charge is -2.27. The van der Waals surface area contributed by atoms with Gasteiger partial charge in [0.15, 0.2) is 0 Å². The van der Waals surface area contributed by atoms with Gasteiger partial charge in [0.05, 0.1) is 17.7 Å². The minimum Gasteiger partial charge on any atom is -0.497 e. The van der Waals surface area contributed by atoms with Gasteiger partial charge in [-0.1, -0.05) is 5.16 Å². The van der Waals surface area contributed by atoms with E-state index in [1.54, 1.807) is 25.0 Å². The number of amides is 1. The molecule has 1 atom stereocenters. The zero-order valence-electron chi connectivity index (χ0n) is 16.1. The first kappa shape index (κ1) is 19.4. The van der Waals surface area contributed by atoms with E-state index in [1.807, 2.05) is 24.3 Å². The van der Waals surface area contributed by atoms with Gasteiger partial charge in [0.2, 0.25) is 15.6 Å². The van der Waals surface area contributed by atoms with Crippen molar-refractivity contribution in [1.82, 2.24) is 0 Å². The van der Waals surface area contributed by atoms with E-state index in [-0.39, 0.29) is 10.8 Å². The standard InChI is InChI=1S/C20H21N3O5S/c1-20(12-17(22-28-20)13-3-5-15(27-2)6-4-13)19(24)23-10-9-14-11-16(29(21,25)26)7-8-18(14)23/h3-8,11H,9-10,12H2,1-2H3,(H2,21,25,26). The van der Waals surface area contributed by atoms with E-state index in [0.717, 1.165) is 16.9 Å². The molecule has 4 rings (SSSR count). The van der Waals surface area contributed by atoms with Gasteiger partial charge in [-0.2, -0.15) is 0 Å². The Kier molecular flexibility index (Phi) is 4.59. The van der Waals surface area contributed by atoms with Crippen LogP contribution in [0.3, 0.4) is 0 Å². The van der Waals surface area contributed by atoms with Crippen molar-refractivity contribution in [3.8, 4) is 5.75 Å². The Bertz CT molecular complexity index is 1110. The molecule has 152 valence electrons. The maximum atomic E-state index is 13.3. The normalized spacial score (nSPS) is 20.8. The number of nitrogens with two attached hydrogens (primary N) is 1. The van der Waals surface area contributed by atoms with Crippen molar-refractivity contribution >= 4 is 27.3 Å². The molecule has 9 heteroatoms. The Balaban J connectivity index is 1.54. The van der Waals surface area contributed by atoms with Crippen LogP contribution in [0.15, 0.2) is 52.5 Å². The third kappa shape index (κ3) is 3.47. The van der Waals surface area contributed by atoms with Crippen LogP contribution in [0.2, 0.25) is 0 Å². The number of sulfonamides is 1. The van der Waals surface area contributed by atoms with Crippen LogP contribution in [0.25, 0.3) is 0 Å². The summed E-state index contributed by atoms with van der Waals surface area (Å²) in [6, 6.07) is 12.0. The molecule has 0 spiro atoms. The minimum atomic E-state index is -3.79. The number of methoxy groups -OCH3 is 1. The Labute approximate surface area is 168 Å². The number of rotatable bonds is 4. The van der Waals surface area contributed by atoms with E-state index in [1.165, 1.54) is 12.1 Å². The van der Waals surface area contributed by atoms with E-state index in [4.69, 9.17) is 14.7 Å². The van der Waals surface area contributed by atoms with Crippen molar-refractivity contribution in [2.24, 2.45) is 10.3 Å². The Morgan fingerprint density at radius 3 is 2.62 bits per heavy atom. The molecule has 0 saturated carbocycles. The lowest BCUT2D eigenvalue weighted by molar-refractivity contribution is -0.138. The summed E-state index contributed by atoms with van der Waals surface area (Å²) in [7, 11) is -2.19. The number of benzene rings is 2. The van der Waals surface area contributed by atoms with E-state index in [0.29, 0.717) is 30.8 Å². The zero-order valence-corrected chi connectivity index (χ0v) is 16.9. The average Bonchev–Trinajstić information content (AvgIpc) is 3.31. The Morgan fingerprint density at radius 2 is 1.97 bits per heavy atom. The molecule has 2 aliphatic rings. The van der Waals surface area contributed by atoms with Gasteiger partial charge in [0.1, 0.15) is 5.75 Å². The van der Waals surface area contributed by atoms with Crippen molar-refractivity contribution in [3.63, 3.8) is 0 Å². The molecule has 0 radical (unpaired) electrons. The fourth-order valence-electron chi connectivity index (χ4n) is 3.64. The van der Waals surface area contributed by atoms with Gasteiger partial charge in [-0.05, 0) is 66.9 Å². The predicted molar refractivity (Wildman–Crippen MR) is 108 cm³/mol. The van der Waals surface area contributed by atoms with Crippen LogP contribution >= 0.6 is 0 Å². The van der Waals surface area contributed by atoms with Gasteiger partial charge in [-0.15, -0.1) is 0 Å². The second-order valence-corrected chi connectivity index (χ2v) is 8.87. The lowest BCUT2D eigenvalue weighted by atomic mass is 9.94. The molecule has 2 N–H and O–H groups in total. The van der Waals surface area contributed by atoms with Crippen LogP contribution in [-0.4, -0.2) is 39.3 Å². The van der Waals surface area contributed by atoms with Crippen LogP contribution in [0, 0.1) is 0 Å². The molecule has 0 saturated heterocycles. The lowest BCUT2D eigenvalue weighted by Crippen LogP contribution is -2.47. The second-order valence-electron chi connectivity index (χ2n) is 7.31. The highest BCUT2D eigenvalue weighted by Crippen LogP contribution is 2.35. The summed E-state index contributed by atoms with van der Waals surface area (Å²) in [6.45, 7) is 2.16. The van der Waals surface area contributed by atoms with E-state index in [2.05, 4.69) is 5.16 Å².